The molecule has 22 heavy (non-hydrogen) atoms. The van der Waals surface area contributed by atoms with Crippen LogP contribution in [0.2, 0.25) is 0 Å². The minimum Gasteiger partial charge on any atom is -0.252 e. The Bertz CT molecular complexity index is 737. The molecule has 0 fully saturated rings. The maximum Gasteiger partial charge on any atom is 0.0703 e. The molecular weight excluding hydrogens is 266 g/mol. The number of nitrogens with zero attached hydrogens (tertiary/aromatic N) is 1. The van der Waals surface area contributed by atoms with E-state index in [4.69, 9.17) is 4.98 Å². The molecule has 1 aromatic heterocycles. The zero-order valence-electron chi connectivity index (χ0n) is 13.1. The number of fused-ring (bicyclic) bond motifs is 1. The molecule has 1 aromatic carbocycles. The van der Waals surface area contributed by atoms with Gasteiger partial charge < -0.3 is 0 Å². The number of aromatic nitrogens is 1. The molecule has 1 heterocycles. The second-order valence-corrected chi connectivity index (χ2v) is 5.89. The Hall–Kier alpha value is -2.15. The van der Waals surface area contributed by atoms with E-state index in [1.165, 1.54) is 46.9 Å². The zero-order valence-corrected chi connectivity index (χ0v) is 13.1. The van der Waals surface area contributed by atoms with Crippen LogP contribution in [0.25, 0.3) is 16.3 Å². The van der Waals surface area contributed by atoms with Gasteiger partial charge in [-0.1, -0.05) is 42.5 Å². The summed E-state index contributed by atoms with van der Waals surface area (Å²) in [6.07, 6.45) is 12.9. The molecule has 0 atom stereocenters. The van der Waals surface area contributed by atoms with Crippen LogP contribution in [0.4, 0.5) is 0 Å². The smallest absolute Gasteiger partial charge is 0.0703 e. The van der Waals surface area contributed by atoms with Crippen molar-refractivity contribution in [3.05, 3.63) is 72.6 Å². The summed E-state index contributed by atoms with van der Waals surface area (Å²) in [7, 11) is 0. The van der Waals surface area contributed by atoms with Crippen LogP contribution in [0.15, 0.2) is 55.7 Å². The summed E-state index contributed by atoms with van der Waals surface area (Å²) in [6, 6.07) is 8.60. The Morgan fingerprint density at radius 1 is 1.00 bits per heavy atom. The van der Waals surface area contributed by atoms with Gasteiger partial charge in [-0.05, 0) is 48.6 Å². The lowest BCUT2D eigenvalue weighted by Crippen LogP contribution is -2.04. The van der Waals surface area contributed by atoms with Crippen LogP contribution in [-0.2, 0) is 12.8 Å². The first-order valence-electron chi connectivity index (χ1n) is 8.17. The molecule has 0 saturated carbocycles. The lowest BCUT2D eigenvalue weighted by Gasteiger charge is -2.19. The first-order chi connectivity index (χ1) is 10.8. The van der Waals surface area contributed by atoms with Gasteiger partial charge in [-0.3, -0.25) is 4.98 Å². The molecule has 1 nitrogen and oxygen atoms in total. The minimum atomic E-state index is 0.815. The Balaban J connectivity index is 2.28. The molecule has 0 saturated heterocycles. The number of hydrogen-bond donors (Lipinski definition) is 0. The van der Waals surface area contributed by atoms with Crippen LogP contribution in [0.5, 0.6) is 0 Å². The lowest BCUT2D eigenvalue weighted by molar-refractivity contribution is 0.739. The summed E-state index contributed by atoms with van der Waals surface area (Å²) in [5, 5.41) is 2.56. The van der Waals surface area contributed by atoms with Gasteiger partial charge in [0.15, 0.2) is 0 Å². The fourth-order valence-electron chi connectivity index (χ4n) is 3.35. The van der Waals surface area contributed by atoms with Gasteiger partial charge in [0.2, 0.25) is 0 Å². The average molecular weight is 289 g/mol. The molecule has 0 spiro atoms. The van der Waals surface area contributed by atoms with E-state index in [-0.39, 0.29) is 0 Å². The van der Waals surface area contributed by atoms with Crippen LogP contribution >= 0.6 is 0 Å². The second-order valence-electron chi connectivity index (χ2n) is 5.89. The van der Waals surface area contributed by atoms with Crippen molar-refractivity contribution in [3.63, 3.8) is 0 Å². The summed E-state index contributed by atoms with van der Waals surface area (Å²) >= 11 is 0. The SMILES string of the molecule is C=CCc1nc(C2=CCCCC2)c(CC=C)c2ccccc12. The van der Waals surface area contributed by atoms with E-state index in [0.717, 1.165) is 25.0 Å². The van der Waals surface area contributed by atoms with Gasteiger partial charge in [-0.25, -0.2) is 0 Å². The molecule has 1 aliphatic rings. The van der Waals surface area contributed by atoms with E-state index in [2.05, 4.69) is 43.5 Å². The number of pyridine rings is 1. The number of benzene rings is 1. The van der Waals surface area contributed by atoms with Crippen LogP contribution in [0.3, 0.4) is 0 Å². The third-order valence-corrected chi connectivity index (χ3v) is 4.38. The molecule has 0 unspecified atom stereocenters. The monoisotopic (exact) mass is 289 g/mol. The number of allylic oxidation sites excluding steroid dienone is 4. The molecular formula is C21H23N. The van der Waals surface area contributed by atoms with Gasteiger partial charge >= 0.3 is 0 Å². The zero-order chi connectivity index (χ0) is 15.4. The second kappa shape index (κ2) is 6.74. The van der Waals surface area contributed by atoms with Gasteiger partial charge in [0.1, 0.15) is 0 Å². The topological polar surface area (TPSA) is 12.9 Å². The standard InChI is InChI=1S/C21H23N/c1-3-10-19-17-14-8-9-15-18(17)20(11-4-2)22-21(19)16-12-6-5-7-13-16/h3-4,8-9,12,14-15H,1-2,5-7,10-11,13H2. The largest absolute Gasteiger partial charge is 0.252 e. The van der Waals surface area contributed by atoms with E-state index in [0.29, 0.717) is 0 Å². The highest BCUT2D eigenvalue weighted by atomic mass is 14.7. The maximum absolute atomic E-state index is 5.05. The van der Waals surface area contributed by atoms with Crippen molar-refractivity contribution in [2.45, 2.75) is 38.5 Å². The Kier molecular flexibility index (Phi) is 4.53. The lowest BCUT2D eigenvalue weighted by atomic mass is 9.90. The van der Waals surface area contributed by atoms with E-state index in [1.807, 2.05) is 12.2 Å². The summed E-state index contributed by atoms with van der Waals surface area (Å²) in [6.45, 7) is 7.84. The van der Waals surface area contributed by atoms with Crippen molar-refractivity contribution in [1.29, 1.82) is 0 Å². The van der Waals surface area contributed by atoms with Crippen molar-refractivity contribution < 1.29 is 0 Å². The van der Waals surface area contributed by atoms with Crippen LogP contribution in [0.1, 0.15) is 42.6 Å². The van der Waals surface area contributed by atoms with Crippen molar-refractivity contribution in [3.8, 4) is 0 Å². The number of rotatable bonds is 5. The predicted octanol–water partition coefficient (Wildman–Crippen LogP) is 5.65. The van der Waals surface area contributed by atoms with E-state index in [1.54, 1.807) is 0 Å². The summed E-state index contributed by atoms with van der Waals surface area (Å²) < 4.78 is 0. The molecule has 1 heteroatoms. The minimum absolute atomic E-state index is 0.815. The van der Waals surface area contributed by atoms with Gasteiger partial charge in [-0.2, -0.15) is 0 Å². The summed E-state index contributed by atoms with van der Waals surface area (Å²) in [4.78, 5) is 5.05. The molecule has 0 N–H and O–H groups in total. The molecule has 1 aliphatic carbocycles. The van der Waals surface area contributed by atoms with Gasteiger partial charge in [0.25, 0.3) is 0 Å². The fraction of sp³-hybridized carbons (Fsp3) is 0.286. The quantitative estimate of drug-likeness (QED) is 0.648. The van der Waals surface area contributed by atoms with Crippen molar-refractivity contribution in [1.82, 2.24) is 4.98 Å². The van der Waals surface area contributed by atoms with Crippen molar-refractivity contribution in [2.75, 3.05) is 0 Å². The highest BCUT2D eigenvalue weighted by molar-refractivity contribution is 5.91. The van der Waals surface area contributed by atoms with Crippen LogP contribution in [-0.4, -0.2) is 4.98 Å². The molecule has 3 rings (SSSR count). The maximum atomic E-state index is 5.05. The molecule has 0 amide bonds. The van der Waals surface area contributed by atoms with Gasteiger partial charge in [0.05, 0.1) is 11.4 Å². The molecule has 0 radical (unpaired) electrons. The fourth-order valence-corrected chi connectivity index (χ4v) is 3.35. The van der Waals surface area contributed by atoms with Crippen molar-refractivity contribution in [2.24, 2.45) is 0 Å². The third-order valence-electron chi connectivity index (χ3n) is 4.38. The molecule has 0 aliphatic heterocycles. The normalized spacial score (nSPS) is 14.6. The Morgan fingerprint density at radius 2 is 1.77 bits per heavy atom. The van der Waals surface area contributed by atoms with E-state index >= 15 is 0 Å². The van der Waals surface area contributed by atoms with Gasteiger partial charge in [-0.15, -0.1) is 13.2 Å². The third kappa shape index (κ3) is 2.76. The van der Waals surface area contributed by atoms with Crippen molar-refractivity contribution >= 4 is 16.3 Å². The molecule has 112 valence electrons. The average Bonchev–Trinajstić information content (AvgIpc) is 2.58. The highest BCUT2D eigenvalue weighted by Gasteiger charge is 2.16. The summed E-state index contributed by atoms with van der Waals surface area (Å²) in [5.41, 5.74) is 5.07. The van der Waals surface area contributed by atoms with Gasteiger partial charge in [0, 0.05) is 11.8 Å². The molecule has 0 bridgehead atoms. The first kappa shape index (κ1) is 14.8. The Labute approximate surface area is 133 Å². The van der Waals surface area contributed by atoms with E-state index in [9.17, 15) is 0 Å². The van der Waals surface area contributed by atoms with Crippen LogP contribution < -0.4 is 0 Å². The summed E-state index contributed by atoms with van der Waals surface area (Å²) in [5.74, 6) is 0. The number of hydrogen-bond acceptors (Lipinski definition) is 1. The first-order valence-corrected chi connectivity index (χ1v) is 8.17. The predicted molar refractivity (Wildman–Crippen MR) is 96.0 cm³/mol. The molecule has 2 aromatic rings. The van der Waals surface area contributed by atoms with Crippen LogP contribution in [0, 0.1) is 0 Å². The highest BCUT2D eigenvalue weighted by Crippen LogP contribution is 2.33. The Morgan fingerprint density at radius 3 is 2.45 bits per heavy atom. The van der Waals surface area contributed by atoms with E-state index < -0.39 is 0 Å².